The fourth-order valence-corrected chi connectivity index (χ4v) is 3.60. The van der Waals surface area contributed by atoms with Crippen LogP contribution in [0.1, 0.15) is 52.4 Å². The van der Waals surface area contributed by atoms with Gasteiger partial charge in [0.1, 0.15) is 18.1 Å². The van der Waals surface area contributed by atoms with Gasteiger partial charge >= 0.3 is 11.9 Å². The van der Waals surface area contributed by atoms with Crippen LogP contribution >= 0.6 is 0 Å². The van der Waals surface area contributed by atoms with Gasteiger partial charge in [-0.25, -0.2) is 4.79 Å². The van der Waals surface area contributed by atoms with Crippen molar-refractivity contribution in [2.24, 2.45) is 17.4 Å². The quantitative estimate of drug-likeness (QED) is 0.177. The van der Waals surface area contributed by atoms with E-state index < -0.39 is 60.2 Å². The largest absolute Gasteiger partial charge is 0.481 e. The van der Waals surface area contributed by atoms with Crippen LogP contribution in [0, 0.1) is 5.92 Å². The van der Waals surface area contributed by atoms with Crippen molar-refractivity contribution in [3.63, 3.8) is 0 Å². The van der Waals surface area contributed by atoms with E-state index in [0.717, 1.165) is 0 Å². The molecule has 0 saturated carbocycles. The summed E-state index contributed by atoms with van der Waals surface area (Å²) in [6.07, 6.45) is -0.0753. The van der Waals surface area contributed by atoms with Crippen molar-refractivity contribution < 1.29 is 39.0 Å². The Hall–Kier alpha value is -3.22. The van der Waals surface area contributed by atoms with Gasteiger partial charge in [0.25, 0.3) is 0 Å². The van der Waals surface area contributed by atoms with E-state index in [1.54, 1.807) is 0 Å². The predicted octanol–water partition coefficient (Wildman–Crippen LogP) is -1.85. The lowest BCUT2D eigenvalue weighted by Crippen LogP contribution is -2.57. The van der Waals surface area contributed by atoms with E-state index in [2.05, 4.69) is 10.6 Å². The van der Waals surface area contributed by atoms with E-state index in [-0.39, 0.29) is 24.7 Å². The summed E-state index contributed by atoms with van der Waals surface area (Å²) in [5.41, 5.74) is 11.1. The Bertz CT molecular complexity index is 772. The van der Waals surface area contributed by atoms with Gasteiger partial charge in [0, 0.05) is 13.0 Å². The van der Waals surface area contributed by atoms with E-state index >= 15 is 0 Å². The number of amides is 4. The SMILES string of the molecule is CC(C)CC(N)C(=O)N1CCCC1C(=O)NC(CCC(N)=O)C(=O)NC(CC(=O)O)C(=O)O. The zero-order valence-electron chi connectivity index (χ0n) is 18.8. The highest BCUT2D eigenvalue weighted by Gasteiger charge is 2.38. The topological polar surface area (TPSA) is 222 Å². The average molecular weight is 472 g/mol. The van der Waals surface area contributed by atoms with Crippen LogP contribution in [0.25, 0.3) is 0 Å². The molecule has 186 valence electrons. The number of likely N-dealkylation sites (tertiary alicyclic amines) is 1. The molecule has 1 rings (SSSR count). The van der Waals surface area contributed by atoms with Gasteiger partial charge in [0.2, 0.25) is 23.6 Å². The van der Waals surface area contributed by atoms with E-state index in [0.29, 0.717) is 25.8 Å². The Morgan fingerprint density at radius 2 is 1.70 bits per heavy atom. The number of primary amides is 1. The maximum Gasteiger partial charge on any atom is 0.326 e. The van der Waals surface area contributed by atoms with Crippen molar-refractivity contribution in [2.45, 2.75) is 76.5 Å². The summed E-state index contributed by atoms with van der Waals surface area (Å²) in [5.74, 6) is -5.62. The second-order valence-corrected chi connectivity index (χ2v) is 8.49. The van der Waals surface area contributed by atoms with Gasteiger partial charge in [-0.1, -0.05) is 13.8 Å². The van der Waals surface area contributed by atoms with Crippen molar-refractivity contribution in [3.8, 4) is 0 Å². The van der Waals surface area contributed by atoms with Crippen LogP contribution in [-0.2, 0) is 28.8 Å². The number of carboxylic acids is 2. The fraction of sp³-hybridized carbons (Fsp3) is 0.700. The first-order chi connectivity index (χ1) is 15.3. The van der Waals surface area contributed by atoms with Crippen LogP contribution in [0.15, 0.2) is 0 Å². The molecule has 1 fully saturated rings. The summed E-state index contributed by atoms with van der Waals surface area (Å²) in [5, 5.41) is 22.5. The molecular weight excluding hydrogens is 438 g/mol. The third-order valence-electron chi connectivity index (χ3n) is 5.19. The van der Waals surface area contributed by atoms with Crippen molar-refractivity contribution >= 4 is 35.6 Å². The summed E-state index contributed by atoms with van der Waals surface area (Å²) in [7, 11) is 0. The number of hydrogen-bond donors (Lipinski definition) is 6. The highest BCUT2D eigenvalue weighted by Crippen LogP contribution is 2.20. The van der Waals surface area contributed by atoms with Crippen LogP contribution < -0.4 is 22.1 Å². The van der Waals surface area contributed by atoms with Gasteiger partial charge in [0.05, 0.1) is 12.5 Å². The number of carbonyl (C=O) groups is 6. The first-order valence-corrected chi connectivity index (χ1v) is 10.7. The molecule has 0 aliphatic carbocycles. The molecule has 0 bridgehead atoms. The molecule has 1 saturated heterocycles. The fourth-order valence-electron chi connectivity index (χ4n) is 3.60. The number of nitrogens with zero attached hydrogens (tertiary/aromatic N) is 1. The molecule has 4 amide bonds. The van der Waals surface area contributed by atoms with Crippen LogP contribution in [0.2, 0.25) is 0 Å². The number of carboxylic acid groups (broad SMARTS) is 2. The zero-order valence-corrected chi connectivity index (χ0v) is 18.8. The van der Waals surface area contributed by atoms with Crippen molar-refractivity contribution in [3.05, 3.63) is 0 Å². The van der Waals surface area contributed by atoms with E-state index in [1.165, 1.54) is 4.90 Å². The third kappa shape index (κ3) is 9.04. The normalized spacial score (nSPS) is 18.3. The van der Waals surface area contributed by atoms with Crippen LogP contribution in [0.4, 0.5) is 0 Å². The second-order valence-electron chi connectivity index (χ2n) is 8.49. The minimum atomic E-state index is -1.73. The minimum absolute atomic E-state index is 0.175. The van der Waals surface area contributed by atoms with Crippen LogP contribution in [-0.4, -0.2) is 81.4 Å². The minimum Gasteiger partial charge on any atom is -0.481 e. The highest BCUT2D eigenvalue weighted by molar-refractivity contribution is 5.95. The molecule has 13 heteroatoms. The van der Waals surface area contributed by atoms with Crippen molar-refractivity contribution in [1.82, 2.24) is 15.5 Å². The van der Waals surface area contributed by atoms with Gasteiger partial charge in [-0.2, -0.15) is 0 Å². The summed E-state index contributed by atoms with van der Waals surface area (Å²) >= 11 is 0. The lowest BCUT2D eigenvalue weighted by molar-refractivity contribution is -0.147. The number of nitrogens with two attached hydrogens (primary N) is 2. The molecule has 1 aliphatic heterocycles. The molecule has 4 atom stereocenters. The van der Waals surface area contributed by atoms with Gasteiger partial charge in [-0.3, -0.25) is 24.0 Å². The average Bonchev–Trinajstić information content (AvgIpc) is 3.18. The molecule has 4 unspecified atom stereocenters. The van der Waals surface area contributed by atoms with Gasteiger partial charge in [-0.05, 0) is 31.6 Å². The molecule has 0 aromatic rings. The first kappa shape index (κ1) is 27.8. The number of hydrogen-bond acceptors (Lipinski definition) is 7. The smallest absolute Gasteiger partial charge is 0.326 e. The summed E-state index contributed by atoms with van der Waals surface area (Å²) < 4.78 is 0. The molecule has 1 heterocycles. The second kappa shape index (κ2) is 12.7. The summed E-state index contributed by atoms with van der Waals surface area (Å²) in [6, 6.07) is -4.75. The molecule has 0 spiro atoms. The summed E-state index contributed by atoms with van der Waals surface area (Å²) in [4.78, 5) is 72.9. The predicted molar refractivity (Wildman–Crippen MR) is 114 cm³/mol. The van der Waals surface area contributed by atoms with E-state index in [9.17, 15) is 28.8 Å². The van der Waals surface area contributed by atoms with Crippen LogP contribution in [0.3, 0.4) is 0 Å². The highest BCUT2D eigenvalue weighted by atomic mass is 16.4. The van der Waals surface area contributed by atoms with Gasteiger partial charge in [-0.15, -0.1) is 0 Å². The number of carbonyl (C=O) groups excluding carboxylic acids is 4. The summed E-state index contributed by atoms with van der Waals surface area (Å²) in [6.45, 7) is 4.15. The van der Waals surface area contributed by atoms with Crippen molar-refractivity contribution in [2.75, 3.05) is 6.54 Å². The molecule has 1 aliphatic rings. The maximum atomic E-state index is 12.9. The molecule has 0 aromatic heterocycles. The monoisotopic (exact) mass is 471 g/mol. The van der Waals surface area contributed by atoms with Gasteiger partial charge < -0.3 is 37.2 Å². The van der Waals surface area contributed by atoms with E-state index in [4.69, 9.17) is 21.7 Å². The van der Waals surface area contributed by atoms with E-state index in [1.807, 2.05) is 13.8 Å². The zero-order chi connectivity index (χ0) is 25.3. The molecular formula is C20H33N5O8. The molecule has 8 N–H and O–H groups in total. The third-order valence-corrected chi connectivity index (χ3v) is 5.19. The van der Waals surface area contributed by atoms with Crippen LogP contribution in [0.5, 0.6) is 0 Å². The lowest BCUT2D eigenvalue weighted by atomic mass is 10.0. The maximum absolute atomic E-state index is 12.9. The molecule has 33 heavy (non-hydrogen) atoms. The van der Waals surface area contributed by atoms with Gasteiger partial charge in [0.15, 0.2) is 0 Å². The molecule has 0 aromatic carbocycles. The Morgan fingerprint density at radius 1 is 1.06 bits per heavy atom. The number of aliphatic carboxylic acids is 2. The Balaban J connectivity index is 2.95. The Kier molecular flexibility index (Phi) is 10.7. The Morgan fingerprint density at radius 3 is 2.21 bits per heavy atom. The molecule has 13 nitrogen and oxygen atoms in total. The number of nitrogens with one attached hydrogen (secondary N) is 2. The standard InChI is InChI=1S/C20H33N5O8/c1-10(2)8-11(21)19(31)25-7-3-4-14(25)18(30)23-12(5-6-15(22)26)17(29)24-13(20(32)33)9-16(27)28/h10-14H,3-9,21H2,1-2H3,(H2,22,26)(H,23,30)(H,24,29)(H,27,28)(H,32,33). The molecule has 0 radical (unpaired) electrons. The lowest BCUT2D eigenvalue weighted by Gasteiger charge is -2.29. The number of rotatable bonds is 13. The first-order valence-electron chi connectivity index (χ1n) is 10.7. The Labute approximate surface area is 191 Å². The van der Waals surface area contributed by atoms with Crippen molar-refractivity contribution in [1.29, 1.82) is 0 Å².